The molecular formula is C18H21NO5S. The van der Waals surface area contributed by atoms with E-state index in [9.17, 15) is 14.7 Å². The second-order valence-corrected chi connectivity index (χ2v) is 6.44. The summed E-state index contributed by atoms with van der Waals surface area (Å²) in [7, 11) is 3.03. The molecule has 2 aromatic rings. The summed E-state index contributed by atoms with van der Waals surface area (Å²) in [6.45, 7) is 0. The number of aliphatic carboxylic acids is 1. The van der Waals surface area contributed by atoms with E-state index in [0.29, 0.717) is 29.9 Å². The lowest BCUT2D eigenvalue weighted by atomic mass is 10.0. The SMILES string of the molecule is COc1ccc(C(CC(=O)O)NC(=O)CCc2cccs2)c(OC)c1. The van der Waals surface area contributed by atoms with Crippen molar-refractivity contribution in [1.29, 1.82) is 0 Å². The minimum atomic E-state index is -0.999. The van der Waals surface area contributed by atoms with Gasteiger partial charge in [0.05, 0.1) is 26.7 Å². The first-order valence-corrected chi connectivity index (χ1v) is 8.67. The van der Waals surface area contributed by atoms with Gasteiger partial charge in [-0.05, 0) is 30.0 Å². The van der Waals surface area contributed by atoms with Crippen LogP contribution in [0.4, 0.5) is 0 Å². The third-order valence-corrected chi connectivity index (χ3v) is 4.64. The van der Waals surface area contributed by atoms with Crippen LogP contribution in [0.5, 0.6) is 11.5 Å². The molecule has 1 aromatic heterocycles. The highest BCUT2D eigenvalue weighted by atomic mass is 32.1. The average molecular weight is 363 g/mol. The van der Waals surface area contributed by atoms with E-state index in [0.717, 1.165) is 4.88 Å². The van der Waals surface area contributed by atoms with Crippen LogP contribution in [0.3, 0.4) is 0 Å². The van der Waals surface area contributed by atoms with E-state index < -0.39 is 12.0 Å². The third-order valence-electron chi connectivity index (χ3n) is 3.71. The van der Waals surface area contributed by atoms with Crippen LogP contribution >= 0.6 is 11.3 Å². The second-order valence-electron chi connectivity index (χ2n) is 5.41. The molecule has 7 heteroatoms. The monoisotopic (exact) mass is 363 g/mol. The Kier molecular flexibility index (Phi) is 6.82. The van der Waals surface area contributed by atoms with Gasteiger partial charge in [0.25, 0.3) is 0 Å². The predicted molar refractivity (Wildman–Crippen MR) is 95.3 cm³/mol. The minimum absolute atomic E-state index is 0.197. The van der Waals surface area contributed by atoms with Crippen molar-refractivity contribution >= 4 is 23.2 Å². The van der Waals surface area contributed by atoms with Crippen molar-refractivity contribution in [2.45, 2.75) is 25.3 Å². The van der Waals surface area contributed by atoms with Gasteiger partial charge in [-0.25, -0.2) is 0 Å². The fourth-order valence-electron chi connectivity index (χ4n) is 2.48. The Labute approximate surface area is 150 Å². The van der Waals surface area contributed by atoms with Crippen molar-refractivity contribution in [3.63, 3.8) is 0 Å². The standard InChI is InChI=1S/C18H21NO5S/c1-23-12-5-7-14(16(10-12)24-2)15(11-18(21)22)19-17(20)8-6-13-4-3-9-25-13/h3-5,7,9-10,15H,6,8,11H2,1-2H3,(H,19,20)(H,21,22). The number of aryl methyl sites for hydroxylation is 1. The molecule has 0 bridgehead atoms. The van der Waals surface area contributed by atoms with Gasteiger partial charge in [-0.1, -0.05) is 6.07 Å². The van der Waals surface area contributed by atoms with Crippen LogP contribution in [0.15, 0.2) is 35.7 Å². The normalized spacial score (nSPS) is 11.6. The number of amides is 1. The molecule has 0 radical (unpaired) electrons. The van der Waals surface area contributed by atoms with Crippen molar-refractivity contribution in [2.24, 2.45) is 0 Å². The molecule has 0 aliphatic rings. The number of hydrogen-bond donors (Lipinski definition) is 2. The molecule has 1 amide bonds. The van der Waals surface area contributed by atoms with E-state index in [1.807, 2.05) is 17.5 Å². The summed E-state index contributed by atoms with van der Waals surface area (Å²) in [5, 5.41) is 14.0. The minimum Gasteiger partial charge on any atom is -0.497 e. The first-order valence-electron chi connectivity index (χ1n) is 7.79. The lowest BCUT2D eigenvalue weighted by Crippen LogP contribution is -2.30. The molecule has 134 valence electrons. The highest BCUT2D eigenvalue weighted by Gasteiger charge is 2.22. The summed E-state index contributed by atoms with van der Waals surface area (Å²) in [4.78, 5) is 24.6. The molecular weight excluding hydrogens is 342 g/mol. The quantitative estimate of drug-likeness (QED) is 0.715. The highest BCUT2D eigenvalue weighted by molar-refractivity contribution is 7.09. The molecule has 0 saturated carbocycles. The number of hydrogen-bond acceptors (Lipinski definition) is 5. The van der Waals surface area contributed by atoms with E-state index in [1.165, 1.54) is 14.2 Å². The smallest absolute Gasteiger partial charge is 0.305 e. The van der Waals surface area contributed by atoms with E-state index >= 15 is 0 Å². The zero-order valence-corrected chi connectivity index (χ0v) is 15.0. The van der Waals surface area contributed by atoms with Crippen LogP contribution in [-0.4, -0.2) is 31.2 Å². The maximum atomic E-state index is 12.3. The lowest BCUT2D eigenvalue weighted by molar-refractivity contribution is -0.137. The van der Waals surface area contributed by atoms with Crippen molar-refractivity contribution in [2.75, 3.05) is 14.2 Å². The molecule has 1 atom stereocenters. The third kappa shape index (κ3) is 5.49. The first kappa shape index (κ1) is 18.8. The molecule has 1 aromatic carbocycles. The Morgan fingerprint density at radius 3 is 2.64 bits per heavy atom. The molecule has 0 saturated heterocycles. The van der Waals surface area contributed by atoms with Gasteiger partial charge >= 0.3 is 5.97 Å². The average Bonchev–Trinajstić information content (AvgIpc) is 3.12. The Morgan fingerprint density at radius 1 is 1.24 bits per heavy atom. The van der Waals surface area contributed by atoms with Crippen LogP contribution in [0.2, 0.25) is 0 Å². The molecule has 0 aliphatic carbocycles. The van der Waals surface area contributed by atoms with Gasteiger partial charge in [0.15, 0.2) is 0 Å². The summed E-state index contributed by atoms with van der Waals surface area (Å²) in [5.41, 5.74) is 0.607. The van der Waals surface area contributed by atoms with Crippen LogP contribution < -0.4 is 14.8 Å². The van der Waals surface area contributed by atoms with Crippen molar-refractivity contribution in [1.82, 2.24) is 5.32 Å². The Morgan fingerprint density at radius 2 is 2.04 bits per heavy atom. The number of rotatable bonds is 9. The maximum Gasteiger partial charge on any atom is 0.305 e. The summed E-state index contributed by atoms with van der Waals surface area (Å²) < 4.78 is 10.5. The summed E-state index contributed by atoms with van der Waals surface area (Å²) in [6.07, 6.45) is 0.700. The number of ether oxygens (including phenoxy) is 2. The van der Waals surface area contributed by atoms with Gasteiger partial charge in [-0.15, -0.1) is 11.3 Å². The predicted octanol–water partition coefficient (Wildman–Crippen LogP) is 3.03. The van der Waals surface area contributed by atoms with Gasteiger partial charge in [0.2, 0.25) is 5.91 Å². The second kappa shape index (κ2) is 9.08. The molecule has 0 spiro atoms. The topological polar surface area (TPSA) is 84.9 Å². The van der Waals surface area contributed by atoms with Crippen molar-refractivity contribution in [3.05, 3.63) is 46.2 Å². The van der Waals surface area contributed by atoms with Crippen LogP contribution in [0, 0.1) is 0 Å². The van der Waals surface area contributed by atoms with Gasteiger partial charge in [-0.3, -0.25) is 9.59 Å². The molecule has 2 rings (SSSR count). The van der Waals surface area contributed by atoms with Crippen LogP contribution in [0.25, 0.3) is 0 Å². The number of nitrogens with one attached hydrogen (secondary N) is 1. The van der Waals surface area contributed by atoms with Crippen molar-refractivity contribution < 1.29 is 24.2 Å². The Balaban J connectivity index is 2.12. The van der Waals surface area contributed by atoms with Gasteiger partial charge in [-0.2, -0.15) is 0 Å². The maximum absolute atomic E-state index is 12.3. The van der Waals surface area contributed by atoms with Crippen LogP contribution in [0.1, 0.15) is 29.3 Å². The van der Waals surface area contributed by atoms with Gasteiger partial charge in [0, 0.05) is 22.9 Å². The van der Waals surface area contributed by atoms with E-state index in [4.69, 9.17) is 9.47 Å². The molecule has 1 unspecified atom stereocenters. The molecule has 0 fully saturated rings. The molecule has 6 nitrogen and oxygen atoms in total. The Bertz CT molecular complexity index is 714. The highest BCUT2D eigenvalue weighted by Crippen LogP contribution is 2.31. The van der Waals surface area contributed by atoms with E-state index in [-0.39, 0.29) is 12.3 Å². The summed E-state index contributed by atoms with van der Waals surface area (Å²) in [5.74, 6) is -0.123. The van der Waals surface area contributed by atoms with Crippen LogP contribution in [-0.2, 0) is 16.0 Å². The van der Waals surface area contributed by atoms with E-state index in [1.54, 1.807) is 29.5 Å². The number of benzene rings is 1. The zero-order valence-electron chi connectivity index (χ0n) is 14.2. The molecule has 1 heterocycles. The molecule has 2 N–H and O–H groups in total. The summed E-state index contributed by atoms with van der Waals surface area (Å²) >= 11 is 1.59. The molecule has 25 heavy (non-hydrogen) atoms. The Hall–Kier alpha value is -2.54. The number of carbonyl (C=O) groups excluding carboxylic acids is 1. The van der Waals surface area contributed by atoms with Gasteiger partial charge in [0.1, 0.15) is 11.5 Å². The summed E-state index contributed by atoms with van der Waals surface area (Å²) in [6, 6.07) is 8.33. The number of carbonyl (C=O) groups is 2. The number of carboxylic acid groups (broad SMARTS) is 1. The number of methoxy groups -OCH3 is 2. The number of thiophene rings is 1. The fourth-order valence-corrected chi connectivity index (χ4v) is 3.19. The fraction of sp³-hybridized carbons (Fsp3) is 0.333. The molecule has 0 aliphatic heterocycles. The van der Waals surface area contributed by atoms with E-state index in [2.05, 4.69) is 5.32 Å². The first-order chi connectivity index (χ1) is 12.0. The zero-order chi connectivity index (χ0) is 18.2. The largest absolute Gasteiger partial charge is 0.497 e. The van der Waals surface area contributed by atoms with Gasteiger partial charge < -0.3 is 19.9 Å². The number of carboxylic acids is 1. The van der Waals surface area contributed by atoms with Crippen molar-refractivity contribution in [3.8, 4) is 11.5 Å². The lowest BCUT2D eigenvalue weighted by Gasteiger charge is -2.20.